The molecule has 0 aromatic heterocycles. The van der Waals surface area contributed by atoms with Crippen molar-refractivity contribution in [2.45, 2.75) is 0 Å². The molecule has 13 heavy (non-hydrogen) atoms. The van der Waals surface area contributed by atoms with E-state index in [0.717, 1.165) is 22.7 Å². The summed E-state index contributed by atoms with van der Waals surface area (Å²) in [4.78, 5) is 0. The third kappa shape index (κ3) is 2.64. The van der Waals surface area contributed by atoms with Gasteiger partial charge in [-0.15, -0.1) is 0 Å². The molecular weight excluding hydrogens is 248 g/mol. The second kappa shape index (κ2) is 4.38. The Balaban J connectivity index is 1.83. The maximum atomic E-state index is 5.63. The van der Waals surface area contributed by atoms with Crippen LogP contribution in [0.25, 0.3) is 0 Å². The van der Waals surface area contributed by atoms with Crippen LogP contribution in [-0.4, -0.2) is 18.1 Å². The van der Waals surface area contributed by atoms with E-state index >= 15 is 0 Å². The van der Waals surface area contributed by atoms with Crippen molar-refractivity contribution in [2.24, 2.45) is 5.92 Å². The molecule has 1 saturated heterocycles. The lowest BCUT2D eigenvalue weighted by Gasteiger charge is -2.24. The van der Waals surface area contributed by atoms with Crippen LogP contribution in [0.15, 0.2) is 28.7 Å². The predicted molar refractivity (Wildman–Crippen MR) is 60.5 cm³/mol. The standard InChI is InChI=1S/C10H11BrOS/c11-9-1-3-10(4-2-9)12-5-8-6-13-7-8/h1-4,8H,5-7H2. The summed E-state index contributed by atoms with van der Waals surface area (Å²) in [5.41, 5.74) is 0. The first kappa shape index (κ1) is 9.41. The molecule has 1 aliphatic rings. The van der Waals surface area contributed by atoms with Gasteiger partial charge in [0.15, 0.2) is 0 Å². The summed E-state index contributed by atoms with van der Waals surface area (Å²) >= 11 is 5.39. The number of rotatable bonds is 3. The minimum atomic E-state index is 0.772. The normalized spacial score (nSPS) is 16.7. The van der Waals surface area contributed by atoms with E-state index in [2.05, 4.69) is 15.9 Å². The summed E-state index contributed by atoms with van der Waals surface area (Å²) in [5.74, 6) is 4.27. The first-order valence-electron chi connectivity index (χ1n) is 4.31. The highest BCUT2D eigenvalue weighted by atomic mass is 79.9. The van der Waals surface area contributed by atoms with E-state index in [1.54, 1.807) is 0 Å². The Kier molecular flexibility index (Phi) is 3.17. The van der Waals surface area contributed by atoms with Gasteiger partial charge in [-0.2, -0.15) is 11.8 Å². The average molecular weight is 259 g/mol. The van der Waals surface area contributed by atoms with Gasteiger partial charge in [0, 0.05) is 21.9 Å². The van der Waals surface area contributed by atoms with Crippen molar-refractivity contribution in [2.75, 3.05) is 18.1 Å². The van der Waals surface area contributed by atoms with E-state index in [-0.39, 0.29) is 0 Å². The largest absolute Gasteiger partial charge is 0.493 e. The first-order valence-corrected chi connectivity index (χ1v) is 6.25. The van der Waals surface area contributed by atoms with Gasteiger partial charge in [0.2, 0.25) is 0 Å². The molecule has 0 amide bonds. The van der Waals surface area contributed by atoms with Crippen LogP contribution in [-0.2, 0) is 0 Å². The van der Waals surface area contributed by atoms with Crippen molar-refractivity contribution in [3.63, 3.8) is 0 Å². The molecule has 1 heterocycles. The third-order valence-electron chi connectivity index (χ3n) is 2.01. The molecule has 0 atom stereocenters. The van der Waals surface area contributed by atoms with Crippen LogP contribution in [0, 0.1) is 5.92 Å². The Morgan fingerprint density at radius 2 is 2.00 bits per heavy atom. The Morgan fingerprint density at radius 1 is 1.31 bits per heavy atom. The number of hydrogen-bond donors (Lipinski definition) is 0. The van der Waals surface area contributed by atoms with Gasteiger partial charge < -0.3 is 4.74 Å². The van der Waals surface area contributed by atoms with E-state index < -0.39 is 0 Å². The zero-order valence-corrected chi connectivity index (χ0v) is 9.61. The van der Waals surface area contributed by atoms with E-state index in [0.29, 0.717) is 0 Å². The number of thioether (sulfide) groups is 1. The number of benzene rings is 1. The Bertz CT molecular complexity index is 269. The van der Waals surface area contributed by atoms with Gasteiger partial charge in [0.1, 0.15) is 5.75 Å². The molecule has 0 unspecified atom stereocenters. The molecule has 3 heteroatoms. The van der Waals surface area contributed by atoms with Gasteiger partial charge in [-0.25, -0.2) is 0 Å². The van der Waals surface area contributed by atoms with Gasteiger partial charge in [0.25, 0.3) is 0 Å². The molecule has 1 aromatic rings. The van der Waals surface area contributed by atoms with Gasteiger partial charge in [-0.1, -0.05) is 15.9 Å². The fourth-order valence-electron chi connectivity index (χ4n) is 1.13. The Labute approximate surface area is 91.0 Å². The van der Waals surface area contributed by atoms with Crippen molar-refractivity contribution >= 4 is 27.7 Å². The van der Waals surface area contributed by atoms with Crippen LogP contribution in [0.1, 0.15) is 0 Å². The fourth-order valence-corrected chi connectivity index (χ4v) is 2.15. The molecule has 1 nitrogen and oxygen atoms in total. The van der Waals surface area contributed by atoms with Gasteiger partial charge in [-0.05, 0) is 24.3 Å². The molecule has 1 aliphatic heterocycles. The smallest absolute Gasteiger partial charge is 0.119 e. The second-order valence-electron chi connectivity index (χ2n) is 3.17. The van der Waals surface area contributed by atoms with E-state index in [1.165, 1.54) is 11.5 Å². The average Bonchev–Trinajstić information content (AvgIpc) is 2.05. The van der Waals surface area contributed by atoms with Crippen LogP contribution >= 0.6 is 27.7 Å². The first-order chi connectivity index (χ1) is 6.34. The minimum Gasteiger partial charge on any atom is -0.493 e. The molecule has 0 aliphatic carbocycles. The van der Waals surface area contributed by atoms with Crippen molar-refractivity contribution in [3.05, 3.63) is 28.7 Å². The number of ether oxygens (including phenoxy) is 1. The number of halogens is 1. The van der Waals surface area contributed by atoms with E-state index in [9.17, 15) is 0 Å². The lowest BCUT2D eigenvalue weighted by atomic mass is 10.2. The van der Waals surface area contributed by atoms with Gasteiger partial charge in [-0.3, -0.25) is 0 Å². The fraction of sp³-hybridized carbons (Fsp3) is 0.400. The molecule has 0 saturated carbocycles. The SMILES string of the molecule is Brc1ccc(OCC2CSC2)cc1. The maximum absolute atomic E-state index is 5.63. The summed E-state index contributed by atoms with van der Waals surface area (Å²) in [6.07, 6.45) is 0. The monoisotopic (exact) mass is 258 g/mol. The molecule has 0 bridgehead atoms. The molecule has 0 spiro atoms. The zero-order chi connectivity index (χ0) is 9.10. The van der Waals surface area contributed by atoms with Gasteiger partial charge >= 0.3 is 0 Å². The van der Waals surface area contributed by atoms with Crippen LogP contribution in [0.2, 0.25) is 0 Å². The van der Waals surface area contributed by atoms with Crippen LogP contribution in [0.5, 0.6) is 5.75 Å². The van der Waals surface area contributed by atoms with Crippen LogP contribution in [0.3, 0.4) is 0 Å². The van der Waals surface area contributed by atoms with Gasteiger partial charge in [0.05, 0.1) is 6.61 Å². The number of hydrogen-bond acceptors (Lipinski definition) is 2. The lowest BCUT2D eigenvalue weighted by molar-refractivity contribution is 0.270. The van der Waals surface area contributed by atoms with E-state index in [4.69, 9.17) is 4.74 Å². The second-order valence-corrected chi connectivity index (χ2v) is 5.16. The minimum absolute atomic E-state index is 0.772. The van der Waals surface area contributed by atoms with Crippen LogP contribution < -0.4 is 4.74 Å². The molecule has 0 radical (unpaired) electrons. The van der Waals surface area contributed by atoms with Crippen molar-refractivity contribution in [1.82, 2.24) is 0 Å². The van der Waals surface area contributed by atoms with Crippen molar-refractivity contribution < 1.29 is 4.74 Å². The molecular formula is C10H11BrOS. The molecule has 1 fully saturated rings. The lowest BCUT2D eigenvalue weighted by Crippen LogP contribution is -2.24. The third-order valence-corrected chi connectivity index (χ3v) is 3.95. The van der Waals surface area contributed by atoms with Crippen molar-refractivity contribution in [3.8, 4) is 5.75 Å². The highest BCUT2D eigenvalue weighted by Crippen LogP contribution is 2.25. The Hall–Kier alpha value is -0.150. The van der Waals surface area contributed by atoms with E-state index in [1.807, 2.05) is 36.0 Å². The topological polar surface area (TPSA) is 9.23 Å². The molecule has 70 valence electrons. The summed E-state index contributed by atoms with van der Waals surface area (Å²) in [7, 11) is 0. The maximum Gasteiger partial charge on any atom is 0.119 e. The highest BCUT2D eigenvalue weighted by molar-refractivity contribution is 9.10. The Morgan fingerprint density at radius 3 is 2.54 bits per heavy atom. The van der Waals surface area contributed by atoms with Crippen LogP contribution in [0.4, 0.5) is 0 Å². The quantitative estimate of drug-likeness (QED) is 0.824. The predicted octanol–water partition coefficient (Wildman–Crippen LogP) is 3.19. The zero-order valence-electron chi connectivity index (χ0n) is 7.20. The summed E-state index contributed by atoms with van der Waals surface area (Å²) in [6, 6.07) is 8.00. The highest BCUT2D eigenvalue weighted by Gasteiger charge is 2.18. The summed E-state index contributed by atoms with van der Waals surface area (Å²) in [5, 5.41) is 0. The molecule has 2 rings (SSSR count). The summed E-state index contributed by atoms with van der Waals surface area (Å²) < 4.78 is 6.73. The summed E-state index contributed by atoms with van der Waals surface area (Å²) in [6.45, 7) is 0.870. The molecule has 1 aromatic carbocycles. The van der Waals surface area contributed by atoms with Crippen molar-refractivity contribution in [1.29, 1.82) is 0 Å². The molecule has 0 N–H and O–H groups in total.